The van der Waals surface area contributed by atoms with Crippen LogP contribution in [0.5, 0.6) is 0 Å². The molecule has 2 rings (SSSR count). The molecule has 1 aromatic heterocycles. The van der Waals surface area contributed by atoms with Gasteiger partial charge in [-0.3, -0.25) is 0 Å². The van der Waals surface area contributed by atoms with Crippen LogP contribution in [0.15, 0.2) is 34.9 Å². The van der Waals surface area contributed by atoms with Crippen molar-refractivity contribution in [1.29, 1.82) is 0 Å². The maximum absolute atomic E-state index is 10.3. The minimum absolute atomic E-state index is 0. The molecule has 0 aliphatic carbocycles. The molecule has 2 aromatic rings. The van der Waals surface area contributed by atoms with Crippen molar-refractivity contribution >= 4 is 5.97 Å². The first-order valence-electron chi connectivity index (χ1n) is 3.88. The molecule has 0 atom stereocenters. The summed E-state index contributed by atoms with van der Waals surface area (Å²) in [6, 6.07) is 8.90. The minimum Gasteiger partial charge on any atom is -0.541 e. The first-order chi connectivity index (χ1) is 6.77. The Balaban J connectivity index is 0.00000112. The number of hydrogen-bond donors (Lipinski definition) is 0. The van der Waals surface area contributed by atoms with Crippen molar-refractivity contribution < 1.29 is 44.0 Å². The second kappa shape index (κ2) is 5.06. The maximum Gasteiger partial charge on any atom is 1.00 e. The number of carboxylic acid groups (broad SMARTS) is 1. The van der Waals surface area contributed by atoms with E-state index in [1.165, 1.54) is 0 Å². The van der Waals surface area contributed by atoms with E-state index >= 15 is 0 Å². The van der Waals surface area contributed by atoms with Gasteiger partial charge in [0, 0.05) is 5.56 Å². The van der Waals surface area contributed by atoms with Crippen molar-refractivity contribution in [3.63, 3.8) is 0 Å². The smallest absolute Gasteiger partial charge is 0.541 e. The van der Waals surface area contributed by atoms with Gasteiger partial charge in [-0.2, -0.15) is 4.98 Å². The minimum atomic E-state index is -1.45. The topological polar surface area (TPSA) is 79.0 Å². The van der Waals surface area contributed by atoms with Gasteiger partial charge >= 0.3 is 29.6 Å². The van der Waals surface area contributed by atoms with E-state index in [-0.39, 0.29) is 35.4 Å². The molecule has 0 aliphatic heterocycles. The maximum atomic E-state index is 10.3. The number of nitrogens with zero attached hydrogens (tertiary/aromatic N) is 2. The predicted molar refractivity (Wildman–Crippen MR) is 44.1 cm³/mol. The fourth-order valence-corrected chi connectivity index (χ4v) is 1.00. The molecule has 0 saturated heterocycles. The van der Waals surface area contributed by atoms with Crippen LogP contribution in [0.1, 0.15) is 10.6 Å². The molecule has 0 N–H and O–H groups in total. The molecule has 0 radical (unpaired) electrons. The molecule has 1 heterocycles. The van der Waals surface area contributed by atoms with E-state index in [9.17, 15) is 9.90 Å². The zero-order valence-electron chi connectivity index (χ0n) is 8.01. The van der Waals surface area contributed by atoms with Gasteiger partial charge in [0.05, 0.1) is 0 Å². The third kappa shape index (κ3) is 2.65. The fourth-order valence-electron chi connectivity index (χ4n) is 1.00. The Labute approximate surface area is 107 Å². The molecule has 0 fully saturated rings. The van der Waals surface area contributed by atoms with Gasteiger partial charge in [0.25, 0.3) is 5.89 Å². The van der Waals surface area contributed by atoms with E-state index in [2.05, 4.69) is 10.1 Å². The van der Waals surface area contributed by atoms with Crippen LogP contribution in [0.25, 0.3) is 11.5 Å². The number of carbonyl (C=O) groups excluding carboxylic acids is 1. The summed E-state index contributed by atoms with van der Waals surface area (Å²) in [5, 5.41) is 13.6. The summed E-state index contributed by atoms with van der Waals surface area (Å²) in [6.45, 7) is 0. The molecular formula is C9H5N2NaO3. The number of rotatable bonds is 2. The van der Waals surface area contributed by atoms with Gasteiger partial charge in [-0.1, -0.05) is 23.4 Å². The second-order valence-electron chi connectivity index (χ2n) is 2.58. The van der Waals surface area contributed by atoms with Crippen molar-refractivity contribution in [2.75, 3.05) is 0 Å². The van der Waals surface area contributed by atoms with Crippen molar-refractivity contribution in [2.24, 2.45) is 0 Å². The van der Waals surface area contributed by atoms with E-state index in [1.807, 2.05) is 6.07 Å². The van der Waals surface area contributed by atoms with Gasteiger partial charge in [0.1, 0.15) is 5.97 Å². The van der Waals surface area contributed by atoms with Crippen LogP contribution < -0.4 is 34.7 Å². The number of carbonyl (C=O) groups is 1. The van der Waals surface area contributed by atoms with Gasteiger partial charge in [-0.25, -0.2) is 0 Å². The number of benzene rings is 1. The molecule has 15 heavy (non-hydrogen) atoms. The van der Waals surface area contributed by atoms with Gasteiger partial charge in [0.15, 0.2) is 0 Å². The Morgan fingerprint density at radius 3 is 2.47 bits per heavy atom. The number of aromatic carboxylic acids is 1. The van der Waals surface area contributed by atoms with Crippen molar-refractivity contribution in [2.45, 2.75) is 0 Å². The number of hydrogen-bond acceptors (Lipinski definition) is 5. The van der Waals surface area contributed by atoms with Gasteiger partial charge in [-0.15, -0.1) is 0 Å². The van der Waals surface area contributed by atoms with E-state index < -0.39 is 11.8 Å². The third-order valence-corrected chi connectivity index (χ3v) is 1.63. The first-order valence-corrected chi connectivity index (χ1v) is 3.88. The Hall–Kier alpha value is -1.17. The van der Waals surface area contributed by atoms with E-state index in [0.717, 1.165) is 0 Å². The normalized spacial score (nSPS) is 9.33. The average Bonchev–Trinajstić information content (AvgIpc) is 2.68. The number of aromatic nitrogens is 2. The first kappa shape index (κ1) is 11.9. The van der Waals surface area contributed by atoms with Crippen LogP contribution >= 0.6 is 0 Å². The molecule has 0 aliphatic rings. The monoisotopic (exact) mass is 212 g/mol. The van der Waals surface area contributed by atoms with E-state index in [1.54, 1.807) is 24.3 Å². The fraction of sp³-hybridized carbons (Fsp3) is 0. The van der Waals surface area contributed by atoms with E-state index in [0.29, 0.717) is 5.56 Å². The van der Waals surface area contributed by atoms with Crippen LogP contribution in [0.3, 0.4) is 0 Å². The second-order valence-corrected chi connectivity index (χ2v) is 2.58. The van der Waals surface area contributed by atoms with Crippen molar-refractivity contribution in [3.8, 4) is 11.5 Å². The molecule has 0 spiro atoms. The number of carboxylic acids is 1. The Bertz CT molecular complexity index is 455. The summed E-state index contributed by atoms with van der Waals surface area (Å²) < 4.78 is 4.73. The molecule has 0 unspecified atom stereocenters. The molecule has 0 bridgehead atoms. The van der Waals surface area contributed by atoms with Crippen molar-refractivity contribution in [1.82, 2.24) is 10.1 Å². The SMILES string of the molecule is O=C([O-])c1noc(-c2ccccc2)n1.[Na+]. The summed E-state index contributed by atoms with van der Waals surface area (Å²) in [5.41, 5.74) is 0.674. The molecular weight excluding hydrogens is 207 g/mol. The summed E-state index contributed by atoms with van der Waals surface area (Å²) in [6.07, 6.45) is 0. The third-order valence-electron chi connectivity index (χ3n) is 1.63. The summed E-state index contributed by atoms with van der Waals surface area (Å²) in [5.74, 6) is -1.72. The van der Waals surface area contributed by atoms with Crippen molar-refractivity contribution in [3.05, 3.63) is 36.2 Å². The van der Waals surface area contributed by atoms with Crippen LogP contribution in [-0.2, 0) is 0 Å². The average molecular weight is 212 g/mol. The van der Waals surface area contributed by atoms with Crippen LogP contribution in [-0.4, -0.2) is 16.1 Å². The van der Waals surface area contributed by atoms with Gasteiger partial charge in [-0.05, 0) is 12.1 Å². The van der Waals surface area contributed by atoms with Crippen LogP contribution in [0.4, 0.5) is 0 Å². The zero-order valence-corrected chi connectivity index (χ0v) is 10.0. The van der Waals surface area contributed by atoms with Gasteiger partial charge in [0.2, 0.25) is 5.82 Å². The summed E-state index contributed by atoms with van der Waals surface area (Å²) in [4.78, 5) is 14.0. The largest absolute Gasteiger partial charge is 1.00 e. The molecule has 70 valence electrons. The standard InChI is InChI=1S/C9H6N2O3.Na/c12-9(13)7-10-8(14-11-7)6-4-2-1-3-5-6;/h1-5H,(H,12,13);/q;+1/p-1. The molecule has 5 nitrogen and oxygen atoms in total. The molecule has 0 saturated carbocycles. The summed E-state index contributed by atoms with van der Waals surface area (Å²) in [7, 11) is 0. The Morgan fingerprint density at radius 2 is 1.93 bits per heavy atom. The molecule has 6 heteroatoms. The van der Waals surface area contributed by atoms with Gasteiger partial charge < -0.3 is 14.4 Å². The quantitative estimate of drug-likeness (QED) is 0.499. The van der Waals surface area contributed by atoms with Crippen LogP contribution in [0, 0.1) is 0 Å². The predicted octanol–water partition coefficient (Wildman–Crippen LogP) is -2.90. The zero-order chi connectivity index (χ0) is 9.97. The Kier molecular flexibility index (Phi) is 4.02. The molecule has 0 amide bonds. The van der Waals surface area contributed by atoms with Crippen LogP contribution in [0.2, 0.25) is 0 Å². The van der Waals surface area contributed by atoms with E-state index in [4.69, 9.17) is 4.52 Å². The molecule has 1 aromatic carbocycles. The summed E-state index contributed by atoms with van der Waals surface area (Å²) >= 11 is 0. The Morgan fingerprint density at radius 1 is 1.27 bits per heavy atom.